The standard InChI is InChI=1S/C27H21ClN4O/c1-18-16-24(29-21-14-12-19(28)13-15-21)31-27-26(18)23(33)17-25(30-20-8-4-2-5-9-20)32(27)22-10-6-3-7-11-22/h2-17,30H,1H3,(H,29,31). The van der Waals surface area contributed by atoms with Crippen LogP contribution in [0, 0.1) is 6.92 Å². The number of rotatable bonds is 5. The second kappa shape index (κ2) is 8.81. The molecule has 5 rings (SSSR count). The number of halogens is 1. The molecule has 0 saturated heterocycles. The van der Waals surface area contributed by atoms with E-state index in [0.717, 1.165) is 22.6 Å². The minimum absolute atomic E-state index is 0.0846. The Labute approximate surface area is 196 Å². The molecule has 2 heterocycles. The van der Waals surface area contributed by atoms with Crippen molar-refractivity contribution >= 4 is 45.6 Å². The third kappa shape index (κ3) is 4.31. The fraction of sp³-hybridized carbons (Fsp3) is 0.0370. The average Bonchev–Trinajstić information content (AvgIpc) is 2.81. The van der Waals surface area contributed by atoms with Crippen LogP contribution in [-0.4, -0.2) is 9.55 Å². The van der Waals surface area contributed by atoms with E-state index in [1.807, 2.05) is 102 Å². The van der Waals surface area contributed by atoms with Crippen molar-refractivity contribution in [3.05, 3.63) is 118 Å². The van der Waals surface area contributed by atoms with E-state index in [4.69, 9.17) is 16.6 Å². The molecule has 2 aromatic heterocycles. The first kappa shape index (κ1) is 20.8. The van der Waals surface area contributed by atoms with Crippen molar-refractivity contribution in [2.24, 2.45) is 0 Å². The number of pyridine rings is 2. The Morgan fingerprint density at radius 1 is 0.788 bits per heavy atom. The Morgan fingerprint density at radius 3 is 2.12 bits per heavy atom. The van der Waals surface area contributed by atoms with Gasteiger partial charge in [0.25, 0.3) is 0 Å². The molecule has 5 aromatic rings. The van der Waals surface area contributed by atoms with Crippen LogP contribution in [0.5, 0.6) is 0 Å². The van der Waals surface area contributed by atoms with Crippen LogP contribution in [0.3, 0.4) is 0 Å². The van der Waals surface area contributed by atoms with E-state index < -0.39 is 0 Å². The quantitative estimate of drug-likeness (QED) is 0.306. The number of aryl methyl sites for hydroxylation is 1. The third-order valence-electron chi connectivity index (χ3n) is 5.34. The van der Waals surface area contributed by atoms with Crippen molar-refractivity contribution in [1.82, 2.24) is 9.55 Å². The van der Waals surface area contributed by atoms with Crippen LogP contribution < -0.4 is 16.1 Å². The summed E-state index contributed by atoms with van der Waals surface area (Å²) in [6.45, 7) is 1.93. The molecule has 0 radical (unpaired) electrons. The lowest BCUT2D eigenvalue weighted by Crippen LogP contribution is -2.15. The Balaban J connectivity index is 1.73. The molecule has 0 spiro atoms. The van der Waals surface area contributed by atoms with Crippen LogP contribution in [0.1, 0.15) is 5.56 Å². The van der Waals surface area contributed by atoms with E-state index in [9.17, 15) is 4.79 Å². The number of para-hydroxylation sites is 2. The average molecular weight is 453 g/mol. The van der Waals surface area contributed by atoms with Gasteiger partial charge in [0.1, 0.15) is 11.6 Å². The lowest BCUT2D eigenvalue weighted by molar-refractivity contribution is 1.07. The maximum Gasteiger partial charge on any atom is 0.193 e. The molecule has 0 atom stereocenters. The Hall–Kier alpha value is -4.09. The van der Waals surface area contributed by atoms with Crippen LogP contribution in [0.25, 0.3) is 16.7 Å². The summed E-state index contributed by atoms with van der Waals surface area (Å²) >= 11 is 6.02. The Bertz CT molecular complexity index is 1480. The lowest BCUT2D eigenvalue weighted by Gasteiger charge is -2.19. The number of benzene rings is 3. The van der Waals surface area contributed by atoms with Crippen molar-refractivity contribution < 1.29 is 0 Å². The highest BCUT2D eigenvalue weighted by Crippen LogP contribution is 2.28. The molecule has 6 heteroatoms. The van der Waals surface area contributed by atoms with Gasteiger partial charge in [0, 0.05) is 28.2 Å². The first-order valence-corrected chi connectivity index (χ1v) is 10.9. The highest BCUT2D eigenvalue weighted by Gasteiger charge is 2.16. The van der Waals surface area contributed by atoms with Crippen LogP contribution in [0.4, 0.5) is 23.0 Å². The molecule has 0 unspecified atom stereocenters. The van der Waals surface area contributed by atoms with E-state index in [-0.39, 0.29) is 5.43 Å². The van der Waals surface area contributed by atoms with Crippen molar-refractivity contribution in [2.75, 3.05) is 10.6 Å². The Kier molecular flexibility index (Phi) is 5.55. The molecule has 3 aromatic carbocycles. The van der Waals surface area contributed by atoms with Crippen LogP contribution in [-0.2, 0) is 0 Å². The number of aromatic nitrogens is 2. The van der Waals surface area contributed by atoms with Gasteiger partial charge in [-0.25, -0.2) is 4.98 Å². The third-order valence-corrected chi connectivity index (χ3v) is 5.59. The molecule has 33 heavy (non-hydrogen) atoms. The number of hydrogen-bond donors (Lipinski definition) is 2. The molecule has 0 bridgehead atoms. The summed E-state index contributed by atoms with van der Waals surface area (Å²) in [5.74, 6) is 1.28. The molecular formula is C27H21ClN4O. The summed E-state index contributed by atoms with van der Waals surface area (Å²) in [4.78, 5) is 18.0. The van der Waals surface area contributed by atoms with Crippen LogP contribution in [0.15, 0.2) is 102 Å². The van der Waals surface area contributed by atoms with Gasteiger partial charge in [0.2, 0.25) is 0 Å². The zero-order valence-corrected chi connectivity index (χ0v) is 18.7. The van der Waals surface area contributed by atoms with Gasteiger partial charge >= 0.3 is 0 Å². The number of fused-ring (bicyclic) bond motifs is 1. The smallest absolute Gasteiger partial charge is 0.193 e. The largest absolute Gasteiger partial charge is 0.341 e. The second-order valence-corrected chi connectivity index (χ2v) is 8.15. The van der Waals surface area contributed by atoms with Gasteiger partial charge in [0.05, 0.1) is 5.39 Å². The molecule has 5 nitrogen and oxygen atoms in total. The van der Waals surface area contributed by atoms with E-state index in [1.54, 1.807) is 6.07 Å². The van der Waals surface area contributed by atoms with E-state index in [2.05, 4.69) is 10.6 Å². The summed E-state index contributed by atoms with van der Waals surface area (Å²) in [6, 6.07) is 30.6. The summed E-state index contributed by atoms with van der Waals surface area (Å²) in [5, 5.41) is 7.96. The molecule has 162 valence electrons. The zero-order chi connectivity index (χ0) is 22.8. The molecule has 0 saturated carbocycles. The topological polar surface area (TPSA) is 59.0 Å². The minimum Gasteiger partial charge on any atom is -0.341 e. The number of nitrogens with one attached hydrogen (secondary N) is 2. The van der Waals surface area contributed by atoms with E-state index in [1.165, 1.54) is 0 Å². The maximum absolute atomic E-state index is 13.2. The summed E-state index contributed by atoms with van der Waals surface area (Å²) in [5.41, 5.74) is 3.97. The van der Waals surface area contributed by atoms with Gasteiger partial charge in [-0.15, -0.1) is 0 Å². The SMILES string of the molecule is Cc1cc(Nc2ccc(Cl)cc2)nc2c1c(=O)cc(Nc1ccccc1)n2-c1ccccc1. The summed E-state index contributed by atoms with van der Waals surface area (Å²) in [7, 11) is 0. The van der Waals surface area contributed by atoms with Crippen LogP contribution >= 0.6 is 11.6 Å². The number of hydrogen-bond acceptors (Lipinski definition) is 4. The summed E-state index contributed by atoms with van der Waals surface area (Å²) < 4.78 is 1.98. The highest BCUT2D eigenvalue weighted by molar-refractivity contribution is 6.30. The minimum atomic E-state index is -0.0846. The first-order chi connectivity index (χ1) is 16.1. The monoisotopic (exact) mass is 452 g/mol. The number of nitrogens with zero attached hydrogens (tertiary/aromatic N) is 2. The fourth-order valence-corrected chi connectivity index (χ4v) is 3.97. The normalized spacial score (nSPS) is 10.8. The summed E-state index contributed by atoms with van der Waals surface area (Å²) in [6.07, 6.45) is 0. The van der Waals surface area contributed by atoms with Gasteiger partial charge in [-0.3, -0.25) is 9.36 Å². The molecule has 2 N–H and O–H groups in total. The van der Waals surface area contributed by atoms with Crippen molar-refractivity contribution in [3.8, 4) is 5.69 Å². The molecule has 0 aliphatic rings. The van der Waals surface area contributed by atoms with E-state index >= 15 is 0 Å². The molecular weight excluding hydrogens is 432 g/mol. The molecule has 0 aliphatic carbocycles. The van der Waals surface area contributed by atoms with Gasteiger partial charge in [0.15, 0.2) is 11.1 Å². The number of anilines is 4. The first-order valence-electron chi connectivity index (χ1n) is 10.6. The maximum atomic E-state index is 13.2. The molecule has 0 amide bonds. The molecule has 0 fully saturated rings. The van der Waals surface area contributed by atoms with Crippen LogP contribution in [0.2, 0.25) is 5.02 Å². The van der Waals surface area contributed by atoms with Gasteiger partial charge in [-0.2, -0.15) is 0 Å². The lowest BCUT2D eigenvalue weighted by atomic mass is 10.1. The predicted octanol–water partition coefficient (Wildman–Crippen LogP) is 6.83. The van der Waals surface area contributed by atoms with Gasteiger partial charge < -0.3 is 10.6 Å². The predicted molar refractivity (Wildman–Crippen MR) is 137 cm³/mol. The zero-order valence-electron chi connectivity index (χ0n) is 17.9. The second-order valence-electron chi connectivity index (χ2n) is 7.71. The van der Waals surface area contributed by atoms with Gasteiger partial charge in [-0.05, 0) is 67.1 Å². The Morgan fingerprint density at radius 2 is 1.42 bits per heavy atom. The highest BCUT2D eigenvalue weighted by atomic mass is 35.5. The van der Waals surface area contributed by atoms with E-state index in [0.29, 0.717) is 27.7 Å². The molecule has 0 aliphatic heterocycles. The van der Waals surface area contributed by atoms with Crippen molar-refractivity contribution in [2.45, 2.75) is 6.92 Å². The van der Waals surface area contributed by atoms with Crippen molar-refractivity contribution in [1.29, 1.82) is 0 Å². The van der Waals surface area contributed by atoms with Crippen molar-refractivity contribution in [3.63, 3.8) is 0 Å². The van der Waals surface area contributed by atoms with Gasteiger partial charge in [-0.1, -0.05) is 48.0 Å². The fourth-order valence-electron chi connectivity index (χ4n) is 3.84.